The van der Waals surface area contributed by atoms with Crippen LogP contribution in [0, 0.1) is 11.8 Å². The van der Waals surface area contributed by atoms with E-state index < -0.39 is 53.7 Å². The summed E-state index contributed by atoms with van der Waals surface area (Å²) in [4.78, 5) is 60.7. The van der Waals surface area contributed by atoms with E-state index >= 15 is 4.79 Å². The predicted molar refractivity (Wildman–Crippen MR) is 197 cm³/mol. The van der Waals surface area contributed by atoms with Gasteiger partial charge in [-0.3, -0.25) is 19.2 Å². The summed E-state index contributed by atoms with van der Waals surface area (Å²) in [6, 6.07) is 16.5. The number of amides is 3. The van der Waals surface area contributed by atoms with Crippen molar-refractivity contribution in [3.63, 3.8) is 0 Å². The second kappa shape index (κ2) is 16.6. The molecule has 6 rings (SSSR count). The van der Waals surface area contributed by atoms with E-state index in [1.165, 1.54) is 0 Å². The van der Waals surface area contributed by atoms with E-state index in [4.69, 9.17) is 9.47 Å². The van der Waals surface area contributed by atoms with Crippen LogP contribution in [0.4, 0.5) is 0 Å². The van der Waals surface area contributed by atoms with E-state index in [1.54, 1.807) is 24.0 Å². The van der Waals surface area contributed by atoms with Gasteiger partial charge in [0, 0.05) is 19.0 Å². The van der Waals surface area contributed by atoms with Gasteiger partial charge in [-0.2, -0.15) is 0 Å². The van der Waals surface area contributed by atoms with Gasteiger partial charge in [0.05, 0.1) is 36.6 Å². The van der Waals surface area contributed by atoms with E-state index in [0.717, 1.165) is 37.7 Å². The number of carbonyl (C=O) groups is 4. The molecule has 278 valence electrons. The number of rotatable bonds is 16. The number of aliphatic hydroxyl groups excluding tert-OH is 1. The predicted octanol–water partition coefficient (Wildman–Crippen LogP) is 5.07. The number of ether oxygens (including phenoxy) is 2. The maximum atomic E-state index is 15.1. The van der Waals surface area contributed by atoms with Crippen LogP contribution in [-0.4, -0.2) is 87.6 Å². The SMILES string of the molecule is C=CCCC(=O)N[C@@H](C)[C@H](OC(=O)[C@@H]1[C@H]2C(=O)N([C@@H](CO)Cc3ccccc3)[C@H](C(=O)N(CC=C)C3CCCCC3)[C@]23CC[C@H]1O3)c1ccccc1. The first-order valence-electron chi connectivity index (χ1n) is 19.0. The molecule has 2 bridgehead atoms. The van der Waals surface area contributed by atoms with E-state index in [1.807, 2.05) is 65.6 Å². The molecule has 0 unspecified atom stereocenters. The normalized spacial score (nSPS) is 27.0. The van der Waals surface area contributed by atoms with Gasteiger partial charge in [0.15, 0.2) is 0 Å². The number of nitrogens with one attached hydrogen (secondary N) is 1. The maximum absolute atomic E-state index is 15.1. The third kappa shape index (κ3) is 7.33. The lowest BCUT2D eigenvalue weighted by atomic mass is 9.70. The summed E-state index contributed by atoms with van der Waals surface area (Å²) >= 11 is 0. The topological polar surface area (TPSA) is 125 Å². The molecule has 3 aliphatic heterocycles. The highest BCUT2D eigenvalue weighted by Gasteiger charge is 2.76. The average molecular weight is 712 g/mol. The van der Waals surface area contributed by atoms with E-state index in [9.17, 15) is 19.5 Å². The van der Waals surface area contributed by atoms with Crippen LogP contribution in [0.15, 0.2) is 86.0 Å². The molecular formula is C42H53N3O7. The number of fused-ring (bicyclic) bond motifs is 1. The van der Waals surface area contributed by atoms with E-state index in [0.29, 0.717) is 37.8 Å². The quantitative estimate of drug-likeness (QED) is 0.184. The number of hydrogen-bond acceptors (Lipinski definition) is 7. The molecule has 4 aliphatic rings. The zero-order valence-electron chi connectivity index (χ0n) is 30.2. The maximum Gasteiger partial charge on any atom is 0.313 e. The molecular weight excluding hydrogens is 658 g/mol. The lowest BCUT2D eigenvalue weighted by molar-refractivity contribution is -0.162. The van der Waals surface area contributed by atoms with Gasteiger partial charge in [-0.1, -0.05) is 92.1 Å². The van der Waals surface area contributed by atoms with Crippen molar-refractivity contribution in [3.8, 4) is 0 Å². The van der Waals surface area contributed by atoms with Crippen LogP contribution in [0.25, 0.3) is 0 Å². The summed E-state index contributed by atoms with van der Waals surface area (Å²) in [6.45, 7) is 9.41. The van der Waals surface area contributed by atoms with Crippen molar-refractivity contribution in [2.24, 2.45) is 11.8 Å². The smallest absolute Gasteiger partial charge is 0.313 e. The molecule has 10 nitrogen and oxygen atoms in total. The number of allylic oxidation sites excluding steroid dienone is 1. The highest BCUT2D eigenvalue weighted by molar-refractivity contribution is 5.98. The lowest BCUT2D eigenvalue weighted by Crippen LogP contribution is -2.60. The molecule has 1 spiro atoms. The molecule has 8 atom stereocenters. The van der Waals surface area contributed by atoms with Crippen LogP contribution in [0.5, 0.6) is 0 Å². The number of carbonyl (C=O) groups excluding carboxylic acids is 4. The van der Waals surface area contributed by atoms with Crippen LogP contribution in [0.1, 0.15) is 81.9 Å². The second-order valence-electron chi connectivity index (χ2n) is 14.9. The van der Waals surface area contributed by atoms with Crippen molar-refractivity contribution >= 4 is 23.7 Å². The molecule has 10 heteroatoms. The number of esters is 1. The number of aliphatic hydroxyl groups is 1. The summed E-state index contributed by atoms with van der Waals surface area (Å²) < 4.78 is 13.1. The zero-order chi connectivity index (χ0) is 36.8. The molecule has 0 radical (unpaired) electrons. The third-order valence-electron chi connectivity index (χ3n) is 11.6. The highest BCUT2D eigenvalue weighted by Crippen LogP contribution is 2.59. The molecule has 2 N–H and O–H groups in total. The Morgan fingerprint density at radius 2 is 1.73 bits per heavy atom. The largest absolute Gasteiger partial charge is 0.455 e. The first-order valence-corrected chi connectivity index (χ1v) is 19.0. The minimum atomic E-state index is -1.26. The van der Waals surface area contributed by atoms with Crippen molar-refractivity contribution in [3.05, 3.63) is 97.1 Å². The van der Waals surface area contributed by atoms with Gasteiger partial charge < -0.3 is 29.7 Å². The third-order valence-corrected chi connectivity index (χ3v) is 11.6. The fourth-order valence-electron chi connectivity index (χ4n) is 9.22. The monoisotopic (exact) mass is 711 g/mol. The Kier molecular flexibility index (Phi) is 12.0. The summed E-state index contributed by atoms with van der Waals surface area (Å²) in [5, 5.41) is 13.9. The Morgan fingerprint density at radius 1 is 1.04 bits per heavy atom. The van der Waals surface area contributed by atoms with Crippen molar-refractivity contribution in [1.82, 2.24) is 15.1 Å². The van der Waals surface area contributed by atoms with Crippen LogP contribution in [0.2, 0.25) is 0 Å². The Hall–Kier alpha value is -4.28. The van der Waals surface area contributed by atoms with Crippen molar-refractivity contribution < 1.29 is 33.8 Å². The molecule has 1 saturated carbocycles. The minimum Gasteiger partial charge on any atom is -0.455 e. The van der Waals surface area contributed by atoms with Gasteiger partial charge >= 0.3 is 5.97 Å². The summed E-state index contributed by atoms with van der Waals surface area (Å²) in [5.41, 5.74) is 0.365. The zero-order valence-corrected chi connectivity index (χ0v) is 30.2. The standard InChI is InChI=1S/C42H53N3O7/c1-4-6-22-34(47)43-28(3)37(30-18-12-8-13-19-30)51-41(50)35-33-23-24-42(52-33)36(35)39(48)45(32(27-46)26-29-16-10-7-11-17-29)38(42)40(49)44(25-5-2)31-20-14-9-15-21-31/h4-5,7-8,10-13,16-19,28,31-33,35-38,46H,1-2,6,9,14-15,20-27H2,3H3,(H,43,47)/t28-,32+,33+,35-,36-,37-,38+,42-/m0/s1. The number of likely N-dealkylation sites (tertiary alicyclic amines) is 1. The summed E-state index contributed by atoms with van der Waals surface area (Å²) in [6.07, 6.45) is 8.85. The molecule has 3 amide bonds. The van der Waals surface area contributed by atoms with Crippen molar-refractivity contribution in [2.45, 2.75) is 113 Å². The molecule has 3 heterocycles. The fraction of sp³-hybridized carbons (Fsp3) is 0.524. The second-order valence-corrected chi connectivity index (χ2v) is 14.9. The van der Waals surface area contributed by atoms with E-state index in [2.05, 4.69) is 18.5 Å². The summed E-state index contributed by atoms with van der Waals surface area (Å²) in [5.74, 6) is -3.31. The van der Waals surface area contributed by atoms with Gasteiger partial charge in [0.2, 0.25) is 17.7 Å². The first kappa shape index (κ1) is 37.5. The average Bonchev–Trinajstić information content (AvgIpc) is 3.82. The Balaban J connectivity index is 1.35. The molecule has 3 saturated heterocycles. The van der Waals surface area contributed by atoms with Crippen LogP contribution < -0.4 is 5.32 Å². The number of hydrogen-bond donors (Lipinski definition) is 2. The first-order chi connectivity index (χ1) is 25.2. The Labute approximate surface area is 307 Å². The highest BCUT2D eigenvalue weighted by atomic mass is 16.6. The Bertz CT molecular complexity index is 1590. The van der Waals surface area contributed by atoms with E-state index in [-0.39, 0.29) is 36.8 Å². The molecule has 2 aromatic rings. The van der Waals surface area contributed by atoms with Crippen molar-refractivity contribution in [1.29, 1.82) is 0 Å². The molecule has 0 aromatic heterocycles. The molecule has 1 aliphatic carbocycles. The number of nitrogens with zero attached hydrogens (tertiary/aromatic N) is 2. The van der Waals surface area contributed by atoms with Crippen LogP contribution in [0.3, 0.4) is 0 Å². The van der Waals surface area contributed by atoms with Gasteiger partial charge in [-0.15, -0.1) is 13.2 Å². The molecule has 4 fully saturated rings. The minimum absolute atomic E-state index is 0.00234. The summed E-state index contributed by atoms with van der Waals surface area (Å²) in [7, 11) is 0. The van der Waals surface area contributed by atoms with Crippen molar-refractivity contribution in [2.75, 3.05) is 13.2 Å². The van der Waals surface area contributed by atoms with Crippen LogP contribution >= 0.6 is 0 Å². The number of benzene rings is 2. The van der Waals surface area contributed by atoms with Gasteiger partial charge in [-0.05, 0) is 56.6 Å². The Morgan fingerprint density at radius 3 is 2.38 bits per heavy atom. The van der Waals surface area contributed by atoms with Gasteiger partial charge in [-0.25, -0.2) is 0 Å². The molecule has 2 aromatic carbocycles. The molecule has 52 heavy (non-hydrogen) atoms. The van der Waals surface area contributed by atoms with Gasteiger partial charge in [0.25, 0.3) is 0 Å². The van der Waals surface area contributed by atoms with Gasteiger partial charge in [0.1, 0.15) is 17.7 Å². The van der Waals surface area contributed by atoms with Crippen LogP contribution in [-0.2, 0) is 35.1 Å². The fourth-order valence-corrected chi connectivity index (χ4v) is 9.22. The lowest BCUT2D eigenvalue weighted by Gasteiger charge is -2.42.